The fraction of sp³-hybridized carbons (Fsp3) is 0.240. The number of hydrogen-bond donors (Lipinski definition) is 1. The van der Waals surface area contributed by atoms with Gasteiger partial charge in [0.25, 0.3) is 0 Å². The molecule has 33 heavy (non-hydrogen) atoms. The van der Waals surface area contributed by atoms with Gasteiger partial charge >= 0.3 is 5.69 Å². The second-order valence-corrected chi connectivity index (χ2v) is 8.41. The van der Waals surface area contributed by atoms with Crippen LogP contribution in [-0.4, -0.2) is 32.8 Å². The molecule has 0 bridgehead atoms. The van der Waals surface area contributed by atoms with Gasteiger partial charge in [0.1, 0.15) is 11.6 Å². The van der Waals surface area contributed by atoms with Crippen molar-refractivity contribution in [3.05, 3.63) is 98.9 Å². The molecule has 7 nitrogen and oxygen atoms in total. The number of H-pyrrole nitrogens is 1. The number of nitrogens with zero attached hydrogens (tertiary/aromatic N) is 4. The Labute approximate surface area is 189 Å². The van der Waals surface area contributed by atoms with E-state index in [0.29, 0.717) is 29.6 Å². The summed E-state index contributed by atoms with van der Waals surface area (Å²) >= 11 is 0. The largest absolute Gasteiger partial charge is 0.495 e. The number of aromatic nitrogens is 4. The van der Waals surface area contributed by atoms with Gasteiger partial charge in [-0.15, -0.1) is 0 Å². The molecule has 0 radical (unpaired) electrons. The minimum atomic E-state index is -0.620. The first kappa shape index (κ1) is 20.9. The lowest BCUT2D eigenvalue weighted by molar-refractivity contribution is 0.325. The molecule has 2 aromatic heterocycles. The molecular formula is C25H24FN5O2. The summed E-state index contributed by atoms with van der Waals surface area (Å²) in [5.74, 6) is 0.381. The lowest BCUT2D eigenvalue weighted by atomic mass is 9.87. The van der Waals surface area contributed by atoms with Crippen LogP contribution in [0.4, 0.5) is 4.39 Å². The van der Waals surface area contributed by atoms with Crippen molar-refractivity contribution in [1.29, 1.82) is 0 Å². The summed E-state index contributed by atoms with van der Waals surface area (Å²) in [6, 6.07) is 12.1. The Kier molecular flexibility index (Phi) is 5.00. The summed E-state index contributed by atoms with van der Waals surface area (Å²) in [5, 5.41) is 0.626. The summed E-state index contributed by atoms with van der Waals surface area (Å²) in [5.41, 5.74) is 3.24. The maximum Gasteiger partial charge on any atom is 0.328 e. The Hall–Kier alpha value is -3.94. The topological polar surface area (TPSA) is 77.2 Å². The second kappa shape index (κ2) is 7.88. The molecule has 0 aliphatic carbocycles. The van der Waals surface area contributed by atoms with Gasteiger partial charge in [0.15, 0.2) is 5.49 Å². The molecule has 5 rings (SSSR count). The van der Waals surface area contributed by atoms with Crippen LogP contribution in [0.2, 0.25) is 0 Å². The Morgan fingerprint density at radius 1 is 1.21 bits per heavy atom. The quantitative estimate of drug-likeness (QED) is 0.524. The van der Waals surface area contributed by atoms with Gasteiger partial charge < -0.3 is 14.3 Å². The molecule has 8 heteroatoms. The highest BCUT2D eigenvalue weighted by molar-refractivity contribution is 5.58. The first-order chi connectivity index (χ1) is 15.9. The Morgan fingerprint density at radius 2 is 2.00 bits per heavy atom. The van der Waals surface area contributed by atoms with E-state index in [0.717, 1.165) is 22.5 Å². The Balaban J connectivity index is 1.62. The zero-order valence-corrected chi connectivity index (χ0v) is 18.7. The highest BCUT2D eigenvalue weighted by Gasteiger charge is 2.34. The molecule has 168 valence electrons. The zero-order chi connectivity index (χ0) is 23.2. The van der Waals surface area contributed by atoms with Gasteiger partial charge in [-0.1, -0.05) is 18.2 Å². The smallest absolute Gasteiger partial charge is 0.328 e. The third-order valence-corrected chi connectivity index (χ3v) is 6.22. The molecule has 1 aliphatic rings. The number of aryl methyl sites for hydroxylation is 1. The number of fused-ring (bicyclic) bond motifs is 1. The molecule has 4 aromatic rings. The third kappa shape index (κ3) is 3.57. The Bertz CT molecular complexity index is 1510. The molecule has 1 aliphatic heterocycles. The van der Waals surface area contributed by atoms with Crippen molar-refractivity contribution in [2.24, 2.45) is 4.99 Å². The molecule has 3 heterocycles. The van der Waals surface area contributed by atoms with Crippen molar-refractivity contribution >= 4 is 6.08 Å². The fourth-order valence-corrected chi connectivity index (χ4v) is 4.45. The number of halogens is 1. The molecule has 1 atom stereocenters. The van der Waals surface area contributed by atoms with Crippen molar-refractivity contribution < 1.29 is 9.13 Å². The van der Waals surface area contributed by atoms with Crippen LogP contribution in [0.15, 0.2) is 64.8 Å². The number of nitrogens with one attached hydrogen (secondary N) is 1. The van der Waals surface area contributed by atoms with Crippen LogP contribution < -0.4 is 21.3 Å². The first-order valence-electron chi connectivity index (χ1n) is 10.7. The minimum absolute atomic E-state index is 0.246. The van der Waals surface area contributed by atoms with Gasteiger partial charge in [-0.3, -0.25) is 9.56 Å². The van der Waals surface area contributed by atoms with Crippen LogP contribution in [0.5, 0.6) is 5.75 Å². The second-order valence-electron chi connectivity index (χ2n) is 8.41. The van der Waals surface area contributed by atoms with Gasteiger partial charge in [-0.2, -0.15) is 0 Å². The monoisotopic (exact) mass is 445 g/mol. The van der Waals surface area contributed by atoms with E-state index in [9.17, 15) is 9.18 Å². The van der Waals surface area contributed by atoms with Gasteiger partial charge in [-0.05, 0) is 61.7 Å². The molecule has 0 saturated carbocycles. The number of imidazole rings is 2. The number of ether oxygens (including phenoxy) is 1. The minimum Gasteiger partial charge on any atom is -0.495 e. The lowest BCUT2D eigenvalue weighted by Crippen LogP contribution is -2.49. The average Bonchev–Trinajstić information content (AvgIpc) is 3.38. The molecule has 0 saturated heterocycles. The normalized spacial score (nSPS) is 18.1. The fourth-order valence-electron chi connectivity index (χ4n) is 4.45. The van der Waals surface area contributed by atoms with E-state index in [1.165, 1.54) is 12.1 Å². The van der Waals surface area contributed by atoms with E-state index in [-0.39, 0.29) is 11.5 Å². The average molecular weight is 445 g/mol. The lowest BCUT2D eigenvalue weighted by Gasteiger charge is -2.33. The van der Waals surface area contributed by atoms with Crippen LogP contribution in [0, 0.1) is 12.7 Å². The van der Waals surface area contributed by atoms with Crippen molar-refractivity contribution in [2.45, 2.75) is 25.8 Å². The SMILES string of the molecule is COc1cc(/C=c2\[nH]c(=O)n3c2=NCCC3(C)c2ccc(F)cc2)ccc1-n1cnc(C)c1. The molecule has 0 amide bonds. The molecule has 1 unspecified atom stereocenters. The van der Waals surface area contributed by atoms with Crippen molar-refractivity contribution in [3.63, 3.8) is 0 Å². The van der Waals surface area contributed by atoms with Crippen LogP contribution in [0.1, 0.15) is 30.2 Å². The number of benzene rings is 2. The molecule has 0 spiro atoms. The highest BCUT2D eigenvalue weighted by Crippen LogP contribution is 2.29. The Morgan fingerprint density at radius 3 is 2.70 bits per heavy atom. The van der Waals surface area contributed by atoms with Gasteiger partial charge in [0, 0.05) is 12.7 Å². The van der Waals surface area contributed by atoms with E-state index in [1.54, 1.807) is 30.1 Å². The van der Waals surface area contributed by atoms with Gasteiger partial charge in [0.2, 0.25) is 0 Å². The van der Waals surface area contributed by atoms with Crippen LogP contribution in [-0.2, 0) is 5.54 Å². The van der Waals surface area contributed by atoms with Gasteiger partial charge in [-0.25, -0.2) is 14.2 Å². The van der Waals surface area contributed by atoms with Crippen molar-refractivity contribution in [1.82, 2.24) is 19.1 Å². The summed E-state index contributed by atoms with van der Waals surface area (Å²) < 4.78 is 22.7. The van der Waals surface area contributed by atoms with Crippen LogP contribution in [0.3, 0.4) is 0 Å². The van der Waals surface area contributed by atoms with Crippen LogP contribution in [0.25, 0.3) is 11.8 Å². The third-order valence-electron chi connectivity index (χ3n) is 6.22. The molecule has 0 fully saturated rings. The van der Waals surface area contributed by atoms with E-state index in [1.807, 2.05) is 48.9 Å². The van der Waals surface area contributed by atoms with E-state index < -0.39 is 5.54 Å². The zero-order valence-electron chi connectivity index (χ0n) is 18.7. The first-order valence-corrected chi connectivity index (χ1v) is 10.7. The molecule has 1 N–H and O–H groups in total. The van der Waals surface area contributed by atoms with E-state index in [4.69, 9.17) is 4.74 Å². The maximum absolute atomic E-state index is 13.5. The summed E-state index contributed by atoms with van der Waals surface area (Å²) in [6.07, 6.45) is 6.21. The number of methoxy groups -OCH3 is 1. The number of aromatic amines is 1. The maximum atomic E-state index is 13.5. The van der Waals surface area contributed by atoms with E-state index >= 15 is 0 Å². The summed E-state index contributed by atoms with van der Waals surface area (Å²) in [7, 11) is 1.62. The van der Waals surface area contributed by atoms with Gasteiger partial charge in [0.05, 0.1) is 35.7 Å². The molecular weight excluding hydrogens is 421 g/mol. The van der Waals surface area contributed by atoms with Crippen molar-refractivity contribution in [2.75, 3.05) is 13.7 Å². The summed E-state index contributed by atoms with van der Waals surface area (Å²) in [6.45, 7) is 4.48. The predicted octanol–water partition coefficient (Wildman–Crippen LogP) is 2.43. The van der Waals surface area contributed by atoms with E-state index in [2.05, 4.69) is 15.0 Å². The van der Waals surface area contributed by atoms with Crippen molar-refractivity contribution in [3.8, 4) is 11.4 Å². The molecule has 2 aromatic carbocycles. The van der Waals surface area contributed by atoms with Crippen LogP contribution >= 0.6 is 0 Å². The predicted molar refractivity (Wildman–Crippen MR) is 123 cm³/mol. The summed E-state index contributed by atoms with van der Waals surface area (Å²) in [4.78, 5) is 24.9. The highest BCUT2D eigenvalue weighted by atomic mass is 19.1. The number of hydrogen-bond acceptors (Lipinski definition) is 4. The standard InChI is InChI=1S/C25H24FN5O2/c1-16-14-30(15-28-16)21-9-4-17(13-22(21)33-3)12-20-23-27-11-10-25(2,31(23)24(32)29-20)18-5-7-19(26)8-6-18/h4-9,12-15H,10-11H2,1-3H3,(H,29,32)/b20-12-. The number of rotatable bonds is 4.